The van der Waals surface area contributed by atoms with Crippen molar-refractivity contribution in [1.29, 1.82) is 0 Å². The lowest BCUT2D eigenvalue weighted by molar-refractivity contribution is 0.880. The summed E-state index contributed by atoms with van der Waals surface area (Å²) >= 11 is 0. The molecule has 0 atom stereocenters. The molecule has 1 aromatic rings. The Labute approximate surface area is 91.5 Å². The summed E-state index contributed by atoms with van der Waals surface area (Å²) in [5.74, 6) is 2.09. The molecule has 1 saturated heterocycles. The van der Waals surface area contributed by atoms with E-state index in [0.717, 1.165) is 24.7 Å². The number of hydrogen-bond donors (Lipinski definition) is 1. The van der Waals surface area contributed by atoms with Crippen LogP contribution >= 0.6 is 0 Å². The number of nitrogens with one attached hydrogen (secondary N) is 1. The number of pyridine rings is 1. The number of hydrogen-bond acceptors (Lipinski definition) is 3. The second-order valence-corrected chi connectivity index (χ2v) is 4.37. The van der Waals surface area contributed by atoms with Gasteiger partial charge >= 0.3 is 0 Å². The van der Waals surface area contributed by atoms with E-state index in [4.69, 9.17) is 0 Å². The molecule has 1 N–H and O–H groups in total. The van der Waals surface area contributed by atoms with Crippen molar-refractivity contribution < 1.29 is 0 Å². The Balaban J connectivity index is 2.11. The minimum Gasteiger partial charge on any atom is -0.368 e. The highest BCUT2D eigenvalue weighted by atomic mass is 15.2. The first-order chi connectivity index (χ1) is 7.25. The van der Waals surface area contributed by atoms with Crippen molar-refractivity contribution in [1.82, 2.24) is 4.98 Å². The highest BCUT2D eigenvalue weighted by Gasteiger charge is 2.13. The Morgan fingerprint density at radius 2 is 2.00 bits per heavy atom. The molecule has 1 aromatic heterocycles. The van der Waals surface area contributed by atoms with Crippen molar-refractivity contribution in [3.8, 4) is 0 Å². The van der Waals surface area contributed by atoms with Crippen molar-refractivity contribution in [3.05, 3.63) is 18.2 Å². The fraction of sp³-hybridized carbons (Fsp3) is 0.583. The van der Waals surface area contributed by atoms with Crippen LogP contribution < -0.4 is 10.2 Å². The number of rotatable bonds is 3. The maximum Gasteiger partial charge on any atom is 0.130 e. The number of anilines is 2. The summed E-state index contributed by atoms with van der Waals surface area (Å²) in [6, 6.07) is 6.63. The van der Waals surface area contributed by atoms with Crippen molar-refractivity contribution in [2.45, 2.75) is 32.7 Å². The Kier molecular flexibility index (Phi) is 3.09. The van der Waals surface area contributed by atoms with E-state index in [2.05, 4.69) is 41.2 Å². The standard InChI is InChI=1S/C12H19N3/c1-10(2)13-11-6-5-7-12(14-11)15-8-3-4-9-15/h5-7,10H,3-4,8-9H2,1-2H3,(H,13,14). The minimum absolute atomic E-state index is 0.436. The molecule has 2 heterocycles. The van der Waals surface area contributed by atoms with Gasteiger partial charge in [0.1, 0.15) is 11.6 Å². The van der Waals surface area contributed by atoms with Crippen LogP contribution in [0, 0.1) is 0 Å². The van der Waals surface area contributed by atoms with Gasteiger partial charge in [-0.3, -0.25) is 0 Å². The maximum atomic E-state index is 4.61. The van der Waals surface area contributed by atoms with E-state index < -0.39 is 0 Å². The van der Waals surface area contributed by atoms with Gasteiger partial charge in [0.05, 0.1) is 0 Å². The molecule has 0 bridgehead atoms. The molecule has 1 aliphatic rings. The van der Waals surface area contributed by atoms with Crippen LogP contribution in [0.4, 0.5) is 11.6 Å². The van der Waals surface area contributed by atoms with Crippen molar-refractivity contribution >= 4 is 11.6 Å². The Morgan fingerprint density at radius 1 is 1.27 bits per heavy atom. The van der Waals surface area contributed by atoms with Crippen LogP contribution in [-0.2, 0) is 0 Å². The monoisotopic (exact) mass is 205 g/mol. The molecule has 0 radical (unpaired) electrons. The molecule has 0 aliphatic carbocycles. The second kappa shape index (κ2) is 4.51. The predicted octanol–water partition coefficient (Wildman–Crippen LogP) is 2.50. The third-order valence-corrected chi connectivity index (χ3v) is 2.60. The van der Waals surface area contributed by atoms with Gasteiger partial charge in [-0.25, -0.2) is 4.98 Å². The van der Waals surface area contributed by atoms with Gasteiger partial charge < -0.3 is 10.2 Å². The smallest absolute Gasteiger partial charge is 0.130 e. The quantitative estimate of drug-likeness (QED) is 0.821. The molecule has 3 nitrogen and oxygen atoms in total. The van der Waals surface area contributed by atoms with E-state index in [1.54, 1.807) is 0 Å². The van der Waals surface area contributed by atoms with E-state index in [9.17, 15) is 0 Å². The van der Waals surface area contributed by atoms with E-state index in [0.29, 0.717) is 6.04 Å². The molecule has 15 heavy (non-hydrogen) atoms. The molecule has 82 valence electrons. The molecular weight excluding hydrogens is 186 g/mol. The SMILES string of the molecule is CC(C)Nc1cccc(N2CCCC2)n1. The summed E-state index contributed by atoms with van der Waals surface area (Å²) in [7, 11) is 0. The molecule has 0 aromatic carbocycles. The molecule has 0 amide bonds. The van der Waals surface area contributed by atoms with Gasteiger partial charge in [0.15, 0.2) is 0 Å². The molecule has 2 rings (SSSR count). The molecule has 1 fully saturated rings. The lowest BCUT2D eigenvalue weighted by atomic mass is 10.3. The van der Waals surface area contributed by atoms with Crippen LogP contribution in [-0.4, -0.2) is 24.1 Å². The molecule has 3 heteroatoms. The zero-order valence-corrected chi connectivity index (χ0v) is 9.53. The average molecular weight is 205 g/mol. The third kappa shape index (κ3) is 2.61. The van der Waals surface area contributed by atoms with Crippen molar-refractivity contribution in [3.63, 3.8) is 0 Å². The molecular formula is C12H19N3. The summed E-state index contributed by atoms with van der Waals surface area (Å²) in [5.41, 5.74) is 0. The summed E-state index contributed by atoms with van der Waals surface area (Å²) in [4.78, 5) is 6.96. The van der Waals surface area contributed by atoms with Crippen molar-refractivity contribution in [2.75, 3.05) is 23.3 Å². The zero-order valence-electron chi connectivity index (χ0n) is 9.53. The number of nitrogens with zero attached hydrogens (tertiary/aromatic N) is 2. The lowest BCUT2D eigenvalue weighted by Crippen LogP contribution is -2.20. The fourth-order valence-electron chi connectivity index (χ4n) is 1.92. The highest BCUT2D eigenvalue weighted by Crippen LogP contribution is 2.19. The fourth-order valence-corrected chi connectivity index (χ4v) is 1.92. The predicted molar refractivity (Wildman–Crippen MR) is 64.4 cm³/mol. The summed E-state index contributed by atoms with van der Waals surface area (Å²) in [6.45, 7) is 6.56. The van der Waals surface area contributed by atoms with E-state index in [1.165, 1.54) is 12.8 Å². The summed E-state index contributed by atoms with van der Waals surface area (Å²) in [5, 5.41) is 3.33. The average Bonchev–Trinajstić information content (AvgIpc) is 2.69. The molecule has 0 unspecified atom stereocenters. The molecule has 0 saturated carbocycles. The second-order valence-electron chi connectivity index (χ2n) is 4.37. The Bertz CT molecular complexity index is 316. The van der Waals surface area contributed by atoms with Crippen molar-refractivity contribution in [2.24, 2.45) is 0 Å². The third-order valence-electron chi connectivity index (χ3n) is 2.60. The van der Waals surface area contributed by atoms with Crippen LogP contribution in [0.25, 0.3) is 0 Å². The minimum atomic E-state index is 0.436. The first kappa shape index (κ1) is 10.3. The largest absolute Gasteiger partial charge is 0.368 e. The Morgan fingerprint density at radius 3 is 2.67 bits per heavy atom. The van der Waals surface area contributed by atoms with Crippen LogP contribution in [0.1, 0.15) is 26.7 Å². The first-order valence-corrected chi connectivity index (χ1v) is 5.74. The van der Waals surface area contributed by atoms with E-state index in [-0.39, 0.29) is 0 Å². The number of aromatic nitrogens is 1. The van der Waals surface area contributed by atoms with Crippen LogP contribution in [0.15, 0.2) is 18.2 Å². The summed E-state index contributed by atoms with van der Waals surface area (Å²) < 4.78 is 0. The normalized spacial score (nSPS) is 16.1. The van der Waals surface area contributed by atoms with E-state index >= 15 is 0 Å². The van der Waals surface area contributed by atoms with Gasteiger partial charge in [0, 0.05) is 19.1 Å². The van der Waals surface area contributed by atoms with E-state index in [1.807, 2.05) is 6.07 Å². The van der Waals surface area contributed by atoms with Gasteiger partial charge in [-0.05, 0) is 38.8 Å². The topological polar surface area (TPSA) is 28.2 Å². The Hall–Kier alpha value is -1.25. The van der Waals surface area contributed by atoms with Gasteiger partial charge in [-0.15, -0.1) is 0 Å². The van der Waals surface area contributed by atoms with Crippen LogP contribution in [0.3, 0.4) is 0 Å². The van der Waals surface area contributed by atoms with Gasteiger partial charge in [0.2, 0.25) is 0 Å². The van der Waals surface area contributed by atoms with Gasteiger partial charge in [0.25, 0.3) is 0 Å². The molecule has 1 aliphatic heterocycles. The first-order valence-electron chi connectivity index (χ1n) is 5.74. The zero-order chi connectivity index (χ0) is 10.7. The lowest BCUT2D eigenvalue weighted by Gasteiger charge is -2.17. The van der Waals surface area contributed by atoms with Crippen LogP contribution in [0.2, 0.25) is 0 Å². The van der Waals surface area contributed by atoms with Gasteiger partial charge in [-0.2, -0.15) is 0 Å². The van der Waals surface area contributed by atoms with Crippen LogP contribution in [0.5, 0.6) is 0 Å². The summed E-state index contributed by atoms with van der Waals surface area (Å²) in [6.07, 6.45) is 2.59. The maximum absolute atomic E-state index is 4.61. The highest BCUT2D eigenvalue weighted by molar-refractivity contribution is 5.47. The molecule has 0 spiro atoms. The van der Waals surface area contributed by atoms with Gasteiger partial charge in [-0.1, -0.05) is 6.07 Å².